The fraction of sp³-hybridized carbons (Fsp3) is 0. The number of hydrogen-bond donors (Lipinski definition) is 0. The fourth-order valence-corrected chi connectivity index (χ4v) is 3.01. The van der Waals surface area contributed by atoms with E-state index in [-0.39, 0.29) is 17.1 Å². The first kappa shape index (κ1) is 19.4. The lowest BCUT2D eigenvalue weighted by molar-refractivity contribution is -0.384. The first-order chi connectivity index (χ1) is 15.1. The molecule has 0 unspecified atom stereocenters. The van der Waals surface area contributed by atoms with E-state index < -0.39 is 4.92 Å². The van der Waals surface area contributed by atoms with Gasteiger partial charge in [-0.1, -0.05) is 12.1 Å². The smallest absolute Gasteiger partial charge is 0.258 e. The van der Waals surface area contributed by atoms with Crippen molar-refractivity contribution in [1.82, 2.24) is 15.0 Å². The maximum absolute atomic E-state index is 11.0. The molecule has 0 radical (unpaired) electrons. The maximum atomic E-state index is 11.0. The van der Waals surface area contributed by atoms with Crippen LogP contribution in [0, 0.1) is 32.8 Å². The number of nitrogens with zero attached hydrogens (tertiary/aromatic N) is 6. The van der Waals surface area contributed by atoms with Crippen molar-refractivity contribution < 1.29 is 4.92 Å². The van der Waals surface area contributed by atoms with Crippen LogP contribution in [-0.2, 0) is 0 Å². The Bertz CT molecular complexity index is 1310. The van der Waals surface area contributed by atoms with Gasteiger partial charge in [-0.2, -0.15) is 10.5 Å². The standard InChI is InChI=1S/C23H12N6O2/c24-13-17-3-1-5-20(26-17)22-11-16(15-7-9-19(10-8-15)29(30)31)12-23(28-22)21-6-2-4-18(14-25)27-21/h1-12H. The quantitative estimate of drug-likeness (QED) is 0.361. The summed E-state index contributed by atoms with van der Waals surface area (Å²) in [5, 5.41) is 29.3. The number of nitro groups is 1. The van der Waals surface area contributed by atoms with Crippen LogP contribution in [0.1, 0.15) is 11.4 Å². The van der Waals surface area contributed by atoms with Crippen molar-refractivity contribution in [2.45, 2.75) is 0 Å². The average Bonchev–Trinajstić information content (AvgIpc) is 2.84. The molecule has 0 atom stereocenters. The molecule has 4 rings (SSSR count). The number of benzene rings is 1. The molecule has 8 nitrogen and oxygen atoms in total. The second-order valence-corrected chi connectivity index (χ2v) is 6.47. The van der Waals surface area contributed by atoms with Gasteiger partial charge < -0.3 is 0 Å². The topological polar surface area (TPSA) is 129 Å². The minimum Gasteiger partial charge on any atom is -0.258 e. The molecule has 0 bridgehead atoms. The Kier molecular flexibility index (Phi) is 5.12. The summed E-state index contributed by atoms with van der Waals surface area (Å²) >= 11 is 0. The number of pyridine rings is 3. The van der Waals surface area contributed by atoms with E-state index in [0.29, 0.717) is 22.8 Å². The summed E-state index contributed by atoms with van der Waals surface area (Å²) < 4.78 is 0. The van der Waals surface area contributed by atoms with E-state index in [4.69, 9.17) is 0 Å². The molecule has 0 spiro atoms. The van der Waals surface area contributed by atoms with E-state index >= 15 is 0 Å². The van der Waals surface area contributed by atoms with Crippen molar-refractivity contribution >= 4 is 5.69 Å². The lowest BCUT2D eigenvalue weighted by Crippen LogP contribution is -1.96. The second-order valence-electron chi connectivity index (χ2n) is 6.47. The largest absolute Gasteiger partial charge is 0.269 e. The monoisotopic (exact) mass is 404 g/mol. The van der Waals surface area contributed by atoms with Crippen LogP contribution in [0.3, 0.4) is 0 Å². The zero-order valence-electron chi connectivity index (χ0n) is 15.9. The molecule has 8 heteroatoms. The minimum absolute atomic E-state index is 0.00923. The van der Waals surface area contributed by atoms with Crippen LogP contribution >= 0.6 is 0 Å². The van der Waals surface area contributed by atoms with Gasteiger partial charge in [0, 0.05) is 12.1 Å². The third kappa shape index (κ3) is 4.09. The van der Waals surface area contributed by atoms with Crippen molar-refractivity contribution in [3.05, 3.63) is 94.3 Å². The highest BCUT2D eigenvalue weighted by atomic mass is 16.6. The Morgan fingerprint density at radius 3 is 1.65 bits per heavy atom. The van der Waals surface area contributed by atoms with Gasteiger partial charge in [0.2, 0.25) is 0 Å². The summed E-state index contributed by atoms with van der Waals surface area (Å²) in [6.07, 6.45) is 0. The zero-order chi connectivity index (χ0) is 21.8. The molecule has 0 aliphatic carbocycles. The molecule has 0 saturated carbocycles. The van der Waals surface area contributed by atoms with Crippen molar-refractivity contribution in [3.63, 3.8) is 0 Å². The molecule has 3 aromatic heterocycles. The summed E-state index contributed by atoms with van der Waals surface area (Å²) in [4.78, 5) is 23.8. The highest BCUT2D eigenvalue weighted by Crippen LogP contribution is 2.30. The molecular weight excluding hydrogens is 392 g/mol. The van der Waals surface area contributed by atoms with Crippen LogP contribution in [-0.4, -0.2) is 19.9 Å². The SMILES string of the molecule is N#Cc1cccc(-c2cc(-c3ccc([N+](=O)[O-])cc3)cc(-c3cccc(C#N)n3)n2)n1. The Labute approximate surface area is 176 Å². The number of nitriles is 2. The molecule has 0 saturated heterocycles. The summed E-state index contributed by atoms with van der Waals surface area (Å²) in [7, 11) is 0. The van der Waals surface area contributed by atoms with Crippen molar-refractivity contribution in [3.8, 4) is 46.0 Å². The molecule has 0 fully saturated rings. The average molecular weight is 404 g/mol. The van der Waals surface area contributed by atoms with Gasteiger partial charge in [-0.25, -0.2) is 15.0 Å². The molecule has 0 aliphatic heterocycles. The summed E-state index contributed by atoms with van der Waals surface area (Å²) in [5.74, 6) is 0. The van der Waals surface area contributed by atoms with E-state index in [1.165, 1.54) is 12.1 Å². The van der Waals surface area contributed by atoms with Gasteiger partial charge in [-0.3, -0.25) is 10.1 Å². The van der Waals surface area contributed by atoms with Crippen molar-refractivity contribution in [1.29, 1.82) is 10.5 Å². The van der Waals surface area contributed by atoms with Gasteiger partial charge in [0.15, 0.2) is 0 Å². The Morgan fingerprint density at radius 2 is 1.19 bits per heavy atom. The van der Waals surface area contributed by atoms with Gasteiger partial charge in [-0.15, -0.1) is 0 Å². The summed E-state index contributed by atoms with van der Waals surface area (Å²) in [5.41, 5.74) is 3.99. The van der Waals surface area contributed by atoms with Crippen LogP contribution in [0.25, 0.3) is 33.9 Å². The first-order valence-corrected chi connectivity index (χ1v) is 9.09. The summed E-state index contributed by atoms with van der Waals surface area (Å²) in [6.45, 7) is 0. The Hall–Kier alpha value is -4.95. The predicted molar refractivity (Wildman–Crippen MR) is 112 cm³/mol. The highest BCUT2D eigenvalue weighted by Gasteiger charge is 2.13. The van der Waals surface area contributed by atoms with Gasteiger partial charge in [0.05, 0.1) is 27.7 Å². The van der Waals surface area contributed by atoms with E-state index in [2.05, 4.69) is 15.0 Å². The molecule has 146 valence electrons. The Balaban J connectivity index is 1.90. The molecule has 0 amide bonds. The fourth-order valence-electron chi connectivity index (χ4n) is 3.01. The minimum atomic E-state index is -0.457. The van der Waals surface area contributed by atoms with E-state index in [9.17, 15) is 20.6 Å². The zero-order valence-corrected chi connectivity index (χ0v) is 15.9. The number of rotatable bonds is 4. The van der Waals surface area contributed by atoms with Gasteiger partial charge in [0.25, 0.3) is 5.69 Å². The molecule has 4 aromatic rings. The maximum Gasteiger partial charge on any atom is 0.269 e. The molecule has 3 heterocycles. The third-order valence-electron chi connectivity index (χ3n) is 4.49. The van der Waals surface area contributed by atoms with Crippen molar-refractivity contribution in [2.24, 2.45) is 0 Å². The van der Waals surface area contributed by atoms with Gasteiger partial charge in [-0.05, 0) is 59.7 Å². The molecular formula is C23H12N6O2. The molecule has 1 aromatic carbocycles. The lowest BCUT2D eigenvalue weighted by atomic mass is 10.0. The van der Waals surface area contributed by atoms with Gasteiger partial charge in [0.1, 0.15) is 23.5 Å². The normalized spacial score (nSPS) is 10.1. The molecule has 0 N–H and O–H groups in total. The highest BCUT2D eigenvalue weighted by molar-refractivity contribution is 5.75. The number of non-ortho nitro benzene ring substituents is 1. The first-order valence-electron chi connectivity index (χ1n) is 9.09. The van der Waals surface area contributed by atoms with Crippen LogP contribution in [0.4, 0.5) is 5.69 Å². The Morgan fingerprint density at radius 1 is 0.677 bits per heavy atom. The number of nitro benzene ring substituents is 1. The van der Waals surface area contributed by atoms with Crippen molar-refractivity contribution in [2.75, 3.05) is 0 Å². The van der Waals surface area contributed by atoms with E-state index in [1.54, 1.807) is 60.7 Å². The van der Waals surface area contributed by atoms with Gasteiger partial charge >= 0.3 is 0 Å². The van der Waals surface area contributed by atoms with E-state index in [1.807, 2.05) is 12.1 Å². The van der Waals surface area contributed by atoms with E-state index in [0.717, 1.165) is 11.1 Å². The van der Waals surface area contributed by atoms with Crippen LogP contribution in [0.5, 0.6) is 0 Å². The molecule has 31 heavy (non-hydrogen) atoms. The van der Waals surface area contributed by atoms with Crippen LogP contribution in [0.2, 0.25) is 0 Å². The number of hydrogen-bond acceptors (Lipinski definition) is 7. The second kappa shape index (κ2) is 8.19. The van der Waals surface area contributed by atoms with Crippen LogP contribution in [0.15, 0.2) is 72.8 Å². The lowest BCUT2D eigenvalue weighted by Gasteiger charge is -2.10. The third-order valence-corrected chi connectivity index (χ3v) is 4.49. The van der Waals surface area contributed by atoms with Crippen LogP contribution < -0.4 is 0 Å². The number of aromatic nitrogens is 3. The molecule has 0 aliphatic rings. The predicted octanol–water partition coefficient (Wildman–Crippen LogP) is 4.52. The summed E-state index contributed by atoms with van der Waals surface area (Å²) in [6, 6.07) is 23.9.